The third kappa shape index (κ3) is 2.68. The Morgan fingerprint density at radius 1 is 1.39 bits per heavy atom. The highest BCUT2D eigenvalue weighted by atomic mass is 32.1. The van der Waals surface area contributed by atoms with Gasteiger partial charge in [0, 0.05) is 10.6 Å². The first-order chi connectivity index (χ1) is 8.60. The van der Waals surface area contributed by atoms with E-state index in [1.807, 2.05) is 13.0 Å². The lowest BCUT2D eigenvalue weighted by atomic mass is 10.2. The SMILES string of the molecule is CCc1ccc(C(=O)Nc2ccc(N)c(F)c2)s1. The van der Waals surface area contributed by atoms with E-state index in [1.165, 1.54) is 23.5 Å². The predicted octanol–water partition coefficient (Wildman–Crippen LogP) is 3.28. The van der Waals surface area contributed by atoms with Crippen LogP contribution in [0.15, 0.2) is 30.3 Å². The molecule has 0 aliphatic rings. The summed E-state index contributed by atoms with van der Waals surface area (Å²) in [4.78, 5) is 13.6. The molecule has 3 N–H and O–H groups in total. The van der Waals surface area contributed by atoms with Crippen LogP contribution in [0.3, 0.4) is 0 Å². The van der Waals surface area contributed by atoms with E-state index in [2.05, 4.69) is 5.32 Å². The zero-order valence-electron chi connectivity index (χ0n) is 9.87. The number of nitrogens with one attached hydrogen (secondary N) is 1. The quantitative estimate of drug-likeness (QED) is 0.836. The first-order valence-electron chi connectivity index (χ1n) is 5.55. The number of anilines is 2. The molecule has 0 aliphatic carbocycles. The number of nitrogens with two attached hydrogens (primary N) is 1. The molecule has 0 atom stereocenters. The molecule has 18 heavy (non-hydrogen) atoms. The van der Waals surface area contributed by atoms with E-state index in [-0.39, 0.29) is 11.6 Å². The minimum Gasteiger partial charge on any atom is -0.396 e. The molecule has 0 radical (unpaired) electrons. The van der Waals surface area contributed by atoms with Gasteiger partial charge in [0.1, 0.15) is 5.82 Å². The number of carbonyl (C=O) groups is 1. The maximum atomic E-state index is 13.2. The van der Waals surface area contributed by atoms with E-state index in [0.29, 0.717) is 10.6 Å². The van der Waals surface area contributed by atoms with Gasteiger partial charge in [-0.15, -0.1) is 11.3 Å². The molecule has 0 spiro atoms. The van der Waals surface area contributed by atoms with Gasteiger partial charge < -0.3 is 11.1 Å². The van der Waals surface area contributed by atoms with Gasteiger partial charge in [0.05, 0.1) is 10.6 Å². The number of hydrogen-bond acceptors (Lipinski definition) is 3. The van der Waals surface area contributed by atoms with Gasteiger partial charge in [0.2, 0.25) is 0 Å². The first-order valence-corrected chi connectivity index (χ1v) is 6.37. The van der Waals surface area contributed by atoms with E-state index in [1.54, 1.807) is 12.1 Å². The fourth-order valence-corrected chi connectivity index (χ4v) is 2.33. The smallest absolute Gasteiger partial charge is 0.265 e. The van der Waals surface area contributed by atoms with Gasteiger partial charge in [-0.2, -0.15) is 0 Å². The fraction of sp³-hybridized carbons (Fsp3) is 0.154. The molecule has 3 nitrogen and oxygen atoms in total. The highest BCUT2D eigenvalue weighted by molar-refractivity contribution is 7.14. The minimum absolute atomic E-state index is 0.0670. The van der Waals surface area contributed by atoms with Gasteiger partial charge in [-0.05, 0) is 36.8 Å². The number of amides is 1. The molecule has 0 unspecified atom stereocenters. The van der Waals surface area contributed by atoms with E-state index in [0.717, 1.165) is 11.3 Å². The Kier molecular flexibility index (Phi) is 3.62. The molecule has 0 fully saturated rings. The summed E-state index contributed by atoms with van der Waals surface area (Å²) in [6.45, 7) is 2.03. The van der Waals surface area contributed by atoms with Crippen LogP contribution in [0.1, 0.15) is 21.5 Å². The van der Waals surface area contributed by atoms with Crippen molar-refractivity contribution in [3.05, 3.63) is 45.9 Å². The summed E-state index contributed by atoms with van der Waals surface area (Å²) in [5.41, 5.74) is 5.83. The molecule has 1 aromatic heterocycles. The molecular formula is C13H13FN2OS. The largest absolute Gasteiger partial charge is 0.396 e. The van der Waals surface area contributed by atoms with Gasteiger partial charge in [-0.1, -0.05) is 6.92 Å². The Balaban J connectivity index is 2.13. The van der Waals surface area contributed by atoms with Crippen molar-refractivity contribution >= 4 is 28.6 Å². The first kappa shape index (κ1) is 12.6. The van der Waals surface area contributed by atoms with E-state index >= 15 is 0 Å². The number of rotatable bonds is 3. The predicted molar refractivity (Wildman–Crippen MR) is 72.5 cm³/mol. The molecule has 1 heterocycles. The number of halogens is 1. The van der Waals surface area contributed by atoms with E-state index in [9.17, 15) is 9.18 Å². The van der Waals surface area contributed by atoms with Crippen LogP contribution in [-0.4, -0.2) is 5.91 Å². The Labute approximate surface area is 108 Å². The normalized spacial score (nSPS) is 10.3. The van der Waals surface area contributed by atoms with Crippen LogP contribution in [0, 0.1) is 5.82 Å². The van der Waals surface area contributed by atoms with Crippen molar-refractivity contribution in [2.75, 3.05) is 11.1 Å². The van der Waals surface area contributed by atoms with Crippen molar-refractivity contribution in [3.8, 4) is 0 Å². The molecule has 0 bridgehead atoms. The van der Waals surface area contributed by atoms with Crippen LogP contribution in [0.4, 0.5) is 15.8 Å². The summed E-state index contributed by atoms with van der Waals surface area (Å²) in [5.74, 6) is -0.767. The van der Waals surface area contributed by atoms with Gasteiger partial charge in [0.15, 0.2) is 0 Å². The Hall–Kier alpha value is -1.88. The monoisotopic (exact) mass is 264 g/mol. The minimum atomic E-state index is -0.534. The fourth-order valence-electron chi connectivity index (χ4n) is 1.49. The third-order valence-electron chi connectivity index (χ3n) is 2.49. The van der Waals surface area contributed by atoms with Crippen molar-refractivity contribution in [2.24, 2.45) is 0 Å². The Morgan fingerprint density at radius 3 is 2.78 bits per heavy atom. The number of benzene rings is 1. The zero-order valence-corrected chi connectivity index (χ0v) is 10.7. The highest BCUT2D eigenvalue weighted by Crippen LogP contribution is 2.20. The van der Waals surface area contributed by atoms with Crippen molar-refractivity contribution in [3.63, 3.8) is 0 Å². The Bertz CT molecular complexity index is 580. The third-order valence-corrected chi connectivity index (χ3v) is 3.72. The lowest BCUT2D eigenvalue weighted by molar-refractivity contribution is 0.103. The van der Waals surface area contributed by atoms with Crippen LogP contribution in [0.2, 0.25) is 0 Å². The van der Waals surface area contributed by atoms with E-state index in [4.69, 9.17) is 5.73 Å². The molecule has 1 aromatic carbocycles. The van der Waals surface area contributed by atoms with Gasteiger partial charge >= 0.3 is 0 Å². The standard InChI is InChI=1S/C13H13FN2OS/c1-2-9-4-6-12(18-9)13(17)16-8-3-5-11(15)10(14)7-8/h3-7H,2,15H2,1H3,(H,16,17). The molecule has 94 valence electrons. The number of nitrogen functional groups attached to an aromatic ring is 1. The number of carbonyl (C=O) groups excluding carboxylic acids is 1. The topological polar surface area (TPSA) is 55.1 Å². The van der Waals surface area contributed by atoms with Crippen LogP contribution < -0.4 is 11.1 Å². The molecule has 2 aromatic rings. The van der Waals surface area contributed by atoms with Crippen molar-refractivity contribution < 1.29 is 9.18 Å². The lowest BCUT2D eigenvalue weighted by Crippen LogP contribution is -2.10. The average Bonchev–Trinajstić information content (AvgIpc) is 2.82. The van der Waals surface area contributed by atoms with E-state index < -0.39 is 5.82 Å². The van der Waals surface area contributed by atoms with Crippen molar-refractivity contribution in [1.82, 2.24) is 0 Å². The second kappa shape index (κ2) is 5.18. The second-order valence-electron chi connectivity index (χ2n) is 3.81. The number of aryl methyl sites for hydroxylation is 1. The maximum Gasteiger partial charge on any atom is 0.265 e. The Morgan fingerprint density at radius 2 is 2.17 bits per heavy atom. The van der Waals surface area contributed by atoms with Crippen molar-refractivity contribution in [1.29, 1.82) is 0 Å². The van der Waals surface area contributed by atoms with Crippen LogP contribution in [0.25, 0.3) is 0 Å². The molecule has 2 rings (SSSR count). The molecule has 0 aliphatic heterocycles. The van der Waals surface area contributed by atoms with Gasteiger partial charge in [-0.3, -0.25) is 4.79 Å². The summed E-state index contributed by atoms with van der Waals surface area (Å²) in [6, 6.07) is 7.90. The molecule has 5 heteroatoms. The number of hydrogen-bond donors (Lipinski definition) is 2. The lowest BCUT2D eigenvalue weighted by Gasteiger charge is -2.04. The summed E-state index contributed by atoms with van der Waals surface area (Å²) in [5, 5.41) is 2.64. The molecular weight excluding hydrogens is 251 g/mol. The van der Waals surface area contributed by atoms with Crippen LogP contribution in [-0.2, 0) is 6.42 Å². The molecule has 0 saturated heterocycles. The molecule has 1 amide bonds. The van der Waals surface area contributed by atoms with Crippen molar-refractivity contribution in [2.45, 2.75) is 13.3 Å². The summed E-state index contributed by atoms with van der Waals surface area (Å²) in [7, 11) is 0. The van der Waals surface area contributed by atoms with Gasteiger partial charge in [-0.25, -0.2) is 4.39 Å². The summed E-state index contributed by atoms with van der Waals surface area (Å²) < 4.78 is 13.2. The van der Waals surface area contributed by atoms with Gasteiger partial charge in [0.25, 0.3) is 5.91 Å². The zero-order chi connectivity index (χ0) is 13.1. The second-order valence-corrected chi connectivity index (χ2v) is 4.98. The number of thiophene rings is 1. The maximum absolute atomic E-state index is 13.2. The summed E-state index contributed by atoms with van der Waals surface area (Å²) >= 11 is 1.44. The average molecular weight is 264 g/mol. The van der Waals surface area contributed by atoms with Crippen LogP contribution in [0.5, 0.6) is 0 Å². The summed E-state index contributed by atoms with van der Waals surface area (Å²) in [6.07, 6.45) is 0.897. The highest BCUT2D eigenvalue weighted by Gasteiger charge is 2.09. The molecule has 0 saturated carbocycles. The van der Waals surface area contributed by atoms with Crippen LogP contribution >= 0.6 is 11.3 Å².